The molecule has 2 N–H and O–H groups in total. The van der Waals surface area contributed by atoms with Crippen LogP contribution in [0.2, 0.25) is 0 Å². The van der Waals surface area contributed by atoms with Gasteiger partial charge in [0.15, 0.2) is 5.82 Å². The van der Waals surface area contributed by atoms with Gasteiger partial charge >= 0.3 is 0 Å². The Labute approximate surface area is 160 Å². The van der Waals surface area contributed by atoms with E-state index in [2.05, 4.69) is 31.9 Å². The van der Waals surface area contributed by atoms with Gasteiger partial charge in [0.1, 0.15) is 11.7 Å². The number of nitrogens with one attached hydrogen (secondary N) is 2. The predicted molar refractivity (Wildman–Crippen MR) is 107 cm³/mol. The first-order valence-electron chi connectivity index (χ1n) is 9.19. The highest BCUT2D eigenvalue weighted by atomic mass is 16.2. The second kappa shape index (κ2) is 7.54. The first-order valence-corrected chi connectivity index (χ1v) is 9.19. The Morgan fingerprint density at radius 2 is 2.11 bits per heavy atom. The Balaban J connectivity index is 0.00000210. The summed E-state index contributed by atoms with van der Waals surface area (Å²) in [7, 11) is 1.88. The zero-order chi connectivity index (χ0) is 18.3. The average molecular weight is 371 g/mol. The summed E-state index contributed by atoms with van der Waals surface area (Å²) in [5.74, 6) is 2.17. The highest BCUT2D eigenvalue weighted by Crippen LogP contribution is 2.33. The Bertz CT molecular complexity index is 827. The molecule has 1 aliphatic heterocycles. The van der Waals surface area contributed by atoms with Gasteiger partial charge in [0.05, 0.1) is 11.9 Å². The maximum atomic E-state index is 12.0. The number of anilines is 3. The fraction of sp³-hybridized carbons (Fsp3) is 0.579. The van der Waals surface area contributed by atoms with E-state index in [0.29, 0.717) is 18.2 Å². The molecule has 2 aromatic heterocycles. The summed E-state index contributed by atoms with van der Waals surface area (Å²) >= 11 is 0. The number of nitrogens with zero attached hydrogens (tertiary/aromatic N) is 5. The van der Waals surface area contributed by atoms with Crippen molar-refractivity contribution in [3.05, 3.63) is 23.7 Å². The minimum Gasteiger partial charge on any atom is -0.350 e. The van der Waals surface area contributed by atoms with Crippen LogP contribution in [0.4, 0.5) is 17.5 Å². The zero-order valence-electron chi connectivity index (χ0n) is 15.5. The summed E-state index contributed by atoms with van der Waals surface area (Å²) in [6.07, 6.45) is 7.93. The fourth-order valence-electron chi connectivity index (χ4n) is 3.15. The first-order chi connectivity index (χ1) is 12.5. The van der Waals surface area contributed by atoms with Crippen molar-refractivity contribution in [2.24, 2.45) is 5.92 Å². The van der Waals surface area contributed by atoms with Gasteiger partial charge in [-0.25, -0.2) is 4.98 Å². The largest absolute Gasteiger partial charge is 0.350 e. The summed E-state index contributed by atoms with van der Waals surface area (Å²) in [5, 5.41) is 10.6. The Kier molecular flexibility index (Phi) is 5.34. The average Bonchev–Trinajstić information content (AvgIpc) is 3.35. The van der Waals surface area contributed by atoms with E-state index in [0.717, 1.165) is 29.5 Å². The third kappa shape index (κ3) is 4.04. The van der Waals surface area contributed by atoms with Gasteiger partial charge in [-0.05, 0) is 26.2 Å². The Hall–Kier alpha value is -2.64. The van der Waals surface area contributed by atoms with Crippen LogP contribution in [0.15, 0.2) is 12.4 Å². The topological polar surface area (TPSA) is 88.0 Å². The lowest BCUT2D eigenvalue weighted by Gasteiger charge is -2.32. The fourth-order valence-corrected chi connectivity index (χ4v) is 3.15. The molecule has 8 nitrogen and oxygen atoms in total. The summed E-state index contributed by atoms with van der Waals surface area (Å²) in [6, 6.07) is -0.255. The minimum absolute atomic E-state index is 0. The van der Waals surface area contributed by atoms with Crippen molar-refractivity contribution in [2.45, 2.75) is 59.7 Å². The summed E-state index contributed by atoms with van der Waals surface area (Å²) in [5.41, 5.74) is 2.55. The van der Waals surface area contributed by atoms with Crippen molar-refractivity contribution in [1.82, 2.24) is 19.7 Å². The number of carbonyl (C=O) groups is 1. The third-order valence-electron chi connectivity index (χ3n) is 5.21. The number of rotatable bonds is 6. The monoisotopic (exact) mass is 371 g/mol. The SMILES string of the molecule is C.Cc1nc(NCc2cnn(CCC3CC3)c2)nc2c1NC(=O)[C@H](C)N2C. The van der Waals surface area contributed by atoms with Gasteiger partial charge in [0.25, 0.3) is 0 Å². The standard InChI is InChI=1S/C18H25N7O.CH4/c1-11-15-16(24(3)12(2)17(26)22-15)23-18(21-11)19-8-14-9-20-25(10-14)7-6-13-4-5-13;/h9-10,12-13H,4-8H2,1-3H3,(H,22,26)(H,19,21,23);1H4/t12-;/m0./s1. The van der Waals surface area contributed by atoms with E-state index in [-0.39, 0.29) is 19.4 Å². The van der Waals surface area contributed by atoms with Crippen LogP contribution in [0.1, 0.15) is 44.9 Å². The van der Waals surface area contributed by atoms with Gasteiger partial charge < -0.3 is 15.5 Å². The molecule has 8 heteroatoms. The highest BCUT2D eigenvalue weighted by Gasteiger charge is 2.30. The predicted octanol–water partition coefficient (Wildman–Crippen LogP) is 2.81. The van der Waals surface area contributed by atoms with Gasteiger partial charge in [-0.15, -0.1) is 0 Å². The van der Waals surface area contributed by atoms with Crippen molar-refractivity contribution in [3.8, 4) is 0 Å². The maximum absolute atomic E-state index is 12.0. The van der Waals surface area contributed by atoms with Crippen LogP contribution in [0, 0.1) is 12.8 Å². The van der Waals surface area contributed by atoms with E-state index in [4.69, 9.17) is 0 Å². The number of hydrogen-bond acceptors (Lipinski definition) is 6. The lowest BCUT2D eigenvalue weighted by atomic mass is 10.2. The van der Waals surface area contributed by atoms with Crippen LogP contribution < -0.4 is 15.5 Å². The highest BCUT2D eigenvalue weighted by molar-refractivity contribution is 6.03. The molecule has 1 atom stereocenters. The number of aromatic nitrogens is 4. The van der Waals surface area contributed by atoms with Crippen LogP contribution in [0.5, 0.6) is 0 Å². The molecular formula is C19H29N7O. The van der Waals surface area contributed by atoms with Gasteiger partial charge in [-0.2, -0.15) is 10.1 Å². The smallest absolute Gasteiger partial charge is 0.246 e. The Morgan fingerprint density at radius 1 is 1.33 bits per heavy atom. The number of hydrogen-bond donors (Lipinski definition) is 2. The summed E-state index contributed by atoms with van der Waals surface area (Å²) in [6.45, 7) is 5.35. The lowest BCUT2D eigenvalue weighted by Crippen LogP contribution is -2.44. The molecule has 1 amide bonds. The first kappa shape index (κ1) is 19.1. The van der Waals surface area contributed by atoms with Gasteiger partial charge in [0.2, 0.25) is 11.9 Å². The molecule has 0 aromatic carbocycles. The van der Waals surface area contributed by atoms with Gasteiger partial charge in [-0.3, -0.25) is 9.48 Å². The molecule has 0 radical (unpaired) electrons. The lowest BCUT2D eigenvalue weighted by molar-refractivity contribution is -0.117. The number of carbonyl (C=O) groups excluding carboxylic acids is 1. The molecule has 2 aromatic rings. The number of amides is 1. The van der Waals surface area contributed by atoms with Crippen LogP contribution in [-0.4, -0.2) is 38.7 Å². The molecule has 1 saturated carbocycles. The van der Waals surface area contributed by atoms with Gasteiger partial charge in [-0.1, -0.05) is 20.3 Å². The van der Waals surface area contributed by atoms with E-state index >= 15 is 0 Å². The van der Waals surface area contributed by atoms with E-state index in [1.807, 2.05) is 36.7 Å². The van der Waals surface area contributed by atoms with Crippen molar-refractivity contribution in [3.63, 3.8) is 0 Å². The third-order valence-corrected chi connectivity index (χ3v) is 5.21. The summed E-state index contributed by atoms with van der Waals surface area (Å²) < 4.78 is 2.01. The molecule has 0 spiro atoms. The molecule has 27 heavy (non-hydrogen) atoms. The normalized spacial score (nSPS) is 18.6. The van der Waals surface area contributed by atoms with E-state index in [9.17, 15) is 4.79 Å². The number of aryl methyl sites for hydroxylation is 2. The minimum atomic E-state index is -0.255. The van der Waals surface area contributed by atoms with Crippen molar-refractivity contribution < 1.29 is 4.79 Å². The number of fused-ring (bicyclic) bond motifs is 1. The molecule has 1 fully saturated rings. The molecule has 0 saturated heterocycles. The molecule has 1 aliphatic carbocycles. The number of likely N-dealkylation sites (N-methyl/N-ethyl adjacent to an activating group) is 1. The van der Waals surface area contributed by atoms with Crippen LogP contribution in [0.3, 0.4) is 0 Å². The molecule has 4 rings (SSSR count). The summed E-state index contributed by atoms with van der Waals surface area (Å²) in [4.78, 5) is 22.9. The van der Waals surface area contributed by atoms with E-state index in [1.165, 1.54) is 19.3 Å². The molecule has 0 unspecified atom stereocenters. The van der Waals surface area contributed by atoms with Crippen molar-refractivity contribution in [2.75, 3.05) is 22.6 Å². The molecule has 2 aliphatic rings. The molecule has 146 valence electrons. The molecule has 0 bridgehead atoms. The second-order valence-electron chi connectivity index (χ2n) is 7.30. The van der Waals surface area contributed by atoms with Crippen LogP contribution >= 0.6 is 0 Å². The van der Waals surface area contributed by atoms with Gasteiger partial charge in [0, 0.05) is 31.9 Å². The maximum Gasteiger partial charge on any atom is 0.246 e. The molecular weight excluding hydrogens is 342 g/mol. The van der Waals surface area contributed by atoms with Crippen molar-refractivity contribution >= 4 is 23.4 Å². The van der Waals surface area contributed by atoms with E-state index in [1.54, 1.807) is 0 Å². The quantitative estimate of drug-likeness (QED) is 0.812. The van der Waals surface area contributed by atoms with Crippen LogP contribution in [-0.2, 0) is 17.9 Å². The van der Waals surface area contributed by atoms with E-state index < -0.39 is 0 Å². The second-order valence-corrected chi connectivity index (χ2v) is 7.30. The zero-order valence-corrected chi connectivity index (χ0v) is 15.5. The Morgan fingerprint density at radius 3 is 2.85 bits per heavy atom. The molecule has 3 heterocycles. The van der Waals surface area contributed by atoms with Crippen molar-refractivity contribution in [1.29, 1.82) is 0 Å². The van der Waals surface area contributed by atoms with Crippen LogP contribution in [0.25, 0.3) is 0 Å².